The van der Waals surface area contributed by atoms with Gasteiger partial charge >= 0.3 is 0 Å². The van der Waals surface area contributed by atoms with E-state index in [1.807, 2.05) is 7.05 Å². The highest BCUT2D eigenvalue weighted by Gasteiger charge is 2.11. The van der Waals surface area contributed by atoms with Crippen LogP contribution in [-0.4, -0.2) is 29.4 Å². The molecular formula is C12H17BrN2O. The average molecular weight is 285 g/mol. The van der Waals surface area contributed by atoms with Crippen LogP contribution < -0.4 is 0 Å². The summed E-state index contributed by atoms with van der Waals surface area (Å²) in [7, 11) is 1.83. The average Bonchev–Trinajstić information content (AvgIpc) is 2.26. The van der Waals surface area contributed by atoms with E-state index in [-0.39, 0.29) is 5.91 Å². The van der Waals surface area contributed by atoms with Gasteiger partial charge in [0.1, 0.15) is 4.60 Å². The number of carbonyl (C=O) groups is 1. The van der Waals surface area contributed by atoms with Gasteiger partial charge in [-0.2, -0.15) is 0 Å². The van der Waals surface area contributed by atoms with E-state index in [1.165, 1.54) is 0 Å². The number of aromatic nitrogens is 1. The molecule has 0 N–H and O–H groups in total. The normalized spacial score (nSPS) is 10.6. The molecule has 1 aromatic heterocycles. The van der Waals surface area contributed by atoms with Crippen molar-refractivity contribution in [3.63, 3.8) is 0 Å². The number of hydrogen-bond donors (Lipinski definition) is 0. The molecule has 4 heteroatoms. The van der Waals surface area contributed by atoms with Gasteiger partial charge in [-0.3, -0.25) is 4.79 Å². The summed E-state index contributed by atoms with van der Waals surface area (Å²) in [6.07, 6.45) is 2.62. The molecule has 0 fully saturated rings. The number of carbonyl (C=O) groups excluding carboxylic acids is 1. The zero-order valence-electron chi connectivity index (χ0n) is 9.90. The Bertz CT molecular complexity index is 349. The first-order valence-electron chi connectivity index (χ1n) is 5.37. The third kappa shape index (κ3) is 3.93. The van der Waals surface area contributed by atoms with E-state index >= 15 is 0 Å². The summed E-state index contributed by atoms with van der Waals surface area (Å²) in [5, 5.41) is 0. The van der Waals surface area contributed by atoms with Gasteiger partial charge in [0.15, 0.2) is 0 Å². The molecule has 0 aliphatic heterocycles. The van der Waals surface area contributed by atoms with Crippen LogP contribution in [-0.2, 0) is 0 Å². The topological polar surface area (TPSA) is 33.2 Å². The van der Waals surface area contributed by atoms with Crippen LogP contribution in [0.15, 0.2) is 22.9 Å². The number of halogens is 1. The van der Waals surface area contributed by atoms with Gasteiger partial charge in [-0.15, -0.1) is 0 Å². The van der Waals surface area contributed by atoms with Crippen LogP contribution >= 0.6 is 15.9 Å². The van der Waals surface area contributed by atoms with Crippen molar-refractivity contribution in [3.05, 3.63) is 28.5 Å². The maximum atomic E-state index is 11.9. The van der Waals surface area contributed by atoms with E-state index in [0.29, 0.717) is 11.5 Å². The molecule has 16 heavy (non-hydrogen) atoms. The van der Waals surface area contributed by atoms with Gasteiger partial charge in [-0.25, -0.2) is 4.98 Å². The minimum atomic E-state index is 0.0284. The summed E-state index contributed by atoms with van der Waals surface area (Å²) in [4.78, 5) is 17.7. The molecule has 88 valence electrons. The summed E-state index contributed by atoms with van der Waals surface area (Å²) in [6, 6.07) is 3.56. The molecular weight excluding hydrogens is 268 g/mol. The van der Waals surface area contributed by atoms with Crippen molar-refractivity contribution in [2.75, 3.05) is 13.6 Å². The van der Waals surface area contributed by atoms with E-state index in [4.69, 9.17) is 0 Å². The van der Waals surface area contributed by atoms with Gasteiger partial charge in [-0.1, -0.05) is 13.8 Å². The lowest BCUT2D eigenvalue weighted by Gasteiger charge is -2.18. The van der Waals surface area contributed by atoms with Crippen molar-refractivity contribution in [2.24, 2.45) is 5.92 Å². The Morgan fingerprint density at radius 3 is 2.69 bits per heavy atom. The highest BCUT2D eigenvalue weighted by atomic mass is 79.9. The van der Waals surface area contributed by atoms with Crippen molar-refractivity contribution in [3.8, 4) is 0 Å². The molecule has 0 saturated carbocycles. The molecule has 0 aliphatic carbocycles. The summed E-state index contributed by atoms with van der Waals surface area (Å²) in [5.74, 6) is 0.638. The summed E-state index contributed by atoms with van der Waals surface area (Å²) >= 11 is 3.25. The van der Waals surface area contributed by atoms with E-state index in [0.717, 1.165) is 17.6 Å². The fourth-order valence-corrected chi connectivity index (χ4v) is 1.51. The third-order valence-electron chi connectivity index (χ3n) is 2.36. The fraction of sp³-hybridized carbons (Fsp3) is 0.500. The quantitative estimate of drug-likeness (QED) is 0.797. The highest BCUT2D eigenvalue weighted by Crippen LogP contribution is 2.09. The van der Waals surface area contributed by atoms with Crippen molar-refractivity contribution < 1.29 is 4.79 Å². The predicted molar refractivity (Wildman–Crippen MR) is 68.4 cm³/mol. The SMILES string of the molecule is CC(C)CCN(C)C(=O)c1ccc(Br)nc1. The molecule has 0 bridgehead atoms. The zero-order chi connectivity index (χ0) is 12.1. The van der Waals surface area contributed by atoms with Crippen LogP contribution in [0.5, 0.6) is 0 Å². The van der Waals surface area contributed by atoms with Crippen LogP contribution in [0.25, 0.3) is 0 Å². The van der Waals surface area contributed by atoms with Crippen molar-refractivity contribution in [1.29, 1.82) is 0 Å². The molecule has 0 aliphatic rings. The van der Waals surface area contributed by atoms with Crippen molar-refractivity contribution >= 4 is 21.8 Å². The first-order chi connectivity index (χ1) is 7.50. The molecule has 0 aromatic carbocycles. The maximum Gasteiger partial charge on any atom is 0.255 e. The lowest BCUT2D eigenvalue weighted by molar-refractivity contribution is 0.0788. The monoisotopic (exact) mass is 284 g/mol. The number of amides is 1. The molecule has 0 atom stereocenters. The van der Waals surface area contributed by atoms with Crippen LogP contribution in [0.2, 0.25) is 0 Å². The van der Waals surface area contributed by atoms with Crippen molar-refractivity contribution in [2.45, 2.75) is 20.3 Å². The number of rotatable bonds is 4. The fourth-order valence-electron chi connectivity index (χ4n) is 1.28. The minimum Gasteiger partial charge on any atom is -0.342 e. The standard InChI is InChI=1S/C12H17BrN2O/c1-9(2)6-7-15(3)12(16)10-4-5-11(13)14-8-10/h4-5,8-9H,6-7H2,1-3H3. The van der Waals surface area contributed by atoms with Crippen molar-refractivity contribution in [1.82, 2.24) is 9.88 Å². The number of nitrogens with zero attached hydrogens (tertiary/aromatic N) is 2. The van der Waals surface area contributed by atoms with E-state index < -0.39 is 0 Å². The van der Waals surface area contributed by atoms with E-state index in [9.17, 15) is 4.79 Å². The molecule has 0 spiro atoms. The second-order valence-electron chi connectivity index (χ2n) is 4.28. The largest absolute Gasteiger partial charge is 0.342 e. The lowest BCUT2D eigenvalue weighted by Crippen LogP contribution is -2.28. The number of pyridine rings is 1. The molecule has 0 unspecified atom stereocenters. The second-order valence-corrected chi connectivity index (χ2v) is 5.09. The Morgan fingerprint density at radius 2 is 2.19 bits per heavy atom. The highest BCUT2D eigenvalue weighted by molar-refractivity contribution is 9.10. The lowest BCUT2D eigenvalue weighted by atomic mass is 10.1. The minimum absolute atomic E-state index is 0.0284. The molecule has 0 saturated heterocycles. The maximum absolute atomic E-state index is 11.9. The predicted octanol–water partition coefficient (Wildman–Crippen LogP) is 2.96. The third-order valence-corrected chi connectivity index (χ3v) is 2.83. The number of hydrogen-bond acceptors (Lipinski definition) is 2. The Morgan fingerprint density at radius 1 is 1.50 bits per heavy atom. The van der Waals surface area contributed by atoms with E-state index in [2.05, 4.69) is 34.8 Å². The summed E-state index contributed by atoms with van der Waals surface area (Å²) < 4.78 is 0.744. The van der Waals surface area contributed by atoms with Crippen LogP contribution in [0.4, 0.5) is 0 Å². The molecule has 3 nitrogen and oxygen atoms in total. The van der Waals surface area contributed by atoms with Gasteiger partial charge in [0.2, 0.25) is 0 Å². The van der Waals surface area contributed by atoms with Gasteiger partial charge < -0.3 is 4.90 Å². The Kier molecular flexibility index (Phi) is 4.93. The summed E-state index contributed by atoms with van der Waals surface area (Å²) in [6.45, 7) is 5.09. The van der Waals surface area contributed by atoms with Gasteiger partial charge in [0, 0.05) is 19.8 Å². The van der Waals surface area contributed by atoms with Crippen LogP contribution in [0.1, 0.15) is 30.6 Å². The van der Waals surface area contributed by atoms with Crippen LogP contribution in [0.3, 0.4) is 0 Å². The van der Waals surface area contributed by atoms with Crippen LogP contribution in [0, 0.1) is 5.92 Å². The Balaban J connectivity index is 2.60. The second kappa shape index (κ2) is 5.99. The first kappa shape index (κ1) is 13.2. The van der Waals surface area contributed by atoms with E-state index in [1.54, 1.807) is 23.2 Å². The van der Waals surface area contributed by atoms with Gasteiger partial charge in [0.05, 0.1) is 5.56 Å². The molecule has 1 heterocycles. The Labute approximate surface area is 105 Å². The van der Waals surface area contributed by atoms with Gasteiger partial charge in [-0.05, 0) is 40.4 Å². The zero-order valence-corrected chi connectivity index (χ0v) is 11.5. The molecule has 1 aromatic rings. The Hall–Kier alpha value is -0.900. The molecule has 1 amide bonds. The first-order valence-corrected chi connectivity index (χ1v) is 6.17. The molecule has 0 radical (unpaired) electrons. The smallest absolute Gasteiger partial charge is 0.255 e. The van der Waals surface area contributed by atoms with Gasteiger partial charge in [0.25, 0.3) is 5.91 Å². The molecule has 1 rings (SSSR count). The summed E-state index contributed by atoms with van der Waals surface area (Å²) in [5.41, 5.74) is 0.634.